The van der Waals surface area contributed by atoms with Crippen molar-refractivity contribution in [3.8, 4) is 0 Å². The van der Waals surface area contributed by atoms with E-state index >= 15 is 0 Å². The average Bonchev–Trinajstić information content (AvgIpc) is 2.80. The van der Waals surface area contributed by atoms with Gasteiger partial charge in [0, 0.05) is 25.2 Å². The van der Waals surface area contributed by atoms with Crippen molar-refractivity contribution in [2.24, 2.45) is 0 Å². The predicted octanol–water partition coefficient (Wildman–Crippen LogP) is 12.2. The van der Waals surface area contributed by atoms with Crippen LogP contribution in [0.25, 0.3) is 0 Å². The summed E-state index contributed by atoms with van der Waals surface area (Å²) in [6.07, 6.45) is 32.3. The molecule has 0 aliphatic heterocycles. The van der Waals surface area contributed by atoms with Gasteiger partial charge in [0.15, 0.2) is 0 Å². The van der Waals surface area contributed by atoms with Crippen molar-refractivity contribution in [2.45, 2.75) is 168 Å². The quantitative estimate of drug-likeness (QED) is 0.0426. The standard InChI is InChI=1S/C28H59O2PS2.Zn/c1-3-5-7-9-11-13-15-17-19-21-23-25-27-30-31(29,32)33-28-26-24-22-20-18-16-14-12-10-8-6-4-2;/h3-28H2,1-2H3,(H,29,32);. The maximum atomic E-state index is 12.4. The van der Waals surface area contributed by atoms with Gasteiger partial charge in [-0.2, -0.15) is 0 Å². The summed E-state index contributed by atoms with van der Waals surface area (Å²) in [7, 11) is 0. The van der Waals surface area contributed by atoms with Gasteiger partial charge in [0.1, 0.15) is 0 Å². The number of thiol groups is 1. The van der Waals surface area contributed by atoms with Crippen LogP contribution in [0, 0.1) is 0 Å². The Kier molecular flexibility index (Phi) is 34.0. The minimum Gasteiger partial charge on any atom is -0.314 e. The van der Waals surface area contributed by atoms with Crippen LogP contribution in [-0.4, -0.2) is 12.4 Å². The molecule has 1 atom stereocenters. The smallest absolute Gasteiger partial charge is 0.310 e. The molecule has 0 N–H and O–H groups in total. The molecular weight excluding hydrogens is 529 g/mol. The van der Waals surface area contributed by atoms with Crippen molar-refractivity contribution in [1.29, 1.82) is 0 Å². The summed E-state index contributed by atoms with van der Waals surface area (Å²) >= 11 is 5.75. The number of unbranched alkanes of at least 4 members (excludes halogenated alkanes) is 22. The third-order valence-electron chi connectivity index (χ3n) is 6.50. The van der Waals surface area contributed by atoms with Crippen molar-refractivity contribution in [1.82, 2.24) is 0 Å². The van der Waals surface area contributed by atoms with Crippen molar-refractivity contribution >= 4 is 29.4 Å². The van der Waals surface area contributed by atoms with Crippen molar-refractivity contribution in [3.05, 3.63) is 0 Å². The van der Waals surface area contributed by atoms with E-state index in [9.17, 15) is 4.57 Å². The van der Waals surface area contributed by atoms with Crippen LogP contribution in [0.2, 0.25) is 0 Å². The van der Waals surface area contributed by atoms with Crippen LogP contribution < -0.4 is 0 Å². The molecule has 0 radical (unpaired) electrons. The van der Waals surface area contributed by atoms with Gasteiger partial charge < -0.3 is 4.52 Å². The summed E-state index contributed by atoms with van der Waals surface area (Å²) in [5, 5.41) is 0. The minimum absolute atomic E-state index is 0. The van der Waals surface area contributed by atoms with Crippen LogP contribution in [-0.2, 0) is 28.6 Å². The fourth-order valence-electron chi connectivity index (χ4n) is 4.28. The number of hydrogen-bond acceptors (Lipinski definition) is 3. The molecule has 1 unspecified atom stereocenters. The van der Waals surface area contributed by atoms with Crippen molar-refractivity contribution in [2.75, 3.05) is 12.4 Å². The first kappa shape index (κ1) is 37.7. The van der Waals surface area contributed by atoms with Gasteiger partial charge >= 0.3 is 5.77 Å². The molecule has 202 valence electrons. The zero-order valence-corrected chi connectivity index (χ0v) is 28.8. The normalized spacial score (nSPS) is 13.0. The zero-order chi connectivity index (χ0) is 24.3. The third kappa shape index (κ3) is 31.5. The Hall–Kier alpha value is 1.51. The van der Waals surface area contributed by atoms with Crippen LogP contribution in [0.3, 0.4) is 0 Å². The summed E-state index contributed by atoms with van der Waals surface area (Å²) in [5.41, 5.74) is 0. The molecule has 0 heterocycles. The van der Waals surface area contributed by atoms with Crippen LogP contribution >= 0.6 is 29.4 Å². The number of hydrogen-bond donors (Lipinski definition) is 1. The molecule has 34 heavy (non-hydrogen) atoms. The summed E-state index contributed by atoms with van der Waals surface area (Å²) in [6, 6.07) is 0. The van der Waals surface area contributed by atoms with E-state index in [2.05, 4.69) is 26.1 Å². The van der Waals surface area contributed by atoms with E-state index in [1.807, 2.05) is 0 Å². The maximum absolute atomic E-state index is 12.4. The van der Waals surface area contributed by atoms with E-state index in [4.69, 9.17) is 4.52 Å². The Morgan fingerprint density at radius 1 is 0.529 bits per heavy atom. The van der Waals surface area contributed by atoms with E-state index in [1.165, 1.54) is 153 Å². The first-order chi connectivity index (χ1) is 16.1. The molecule has 0 amide bonds. The summed E-state index contributed by atoms with van der Waals surface area (Å²) in [5.74, 6) is -1.83. The Labute approximate surface area is 237 Å². The average molecular weight is 588 g/mol. The minimum atomic E-state index is -2.75. The number of rotatable bonds is 28. The predicted molar refractivity (Wildman–Crippen MR) is 157 cm³/mol. The second-order valence-corrected chi connectivity index (χ2v) is 16.4. The van der Waals surface area contributed by atoms with Gasteiger partial charge in [-0.3, -0.25) is 4.57 Å². The first-order valence-corrected chi connectivity index (χ1v) is 19.1. The zero-order valence-electron chi connectivity index (χ0n) is 23.2. The molecule has 0 saturated carbocycles. The molecule has 0 aromatic carbocycles. The van der Waals surface area contributed by atoms with Crippen LogP contribution in [0.15, 0.2) is 0 Å². The Morgan fingerprint density at radius 2 is 0.824 bits per heavy atom. The van der Waals surface area contributed by atoms with Crippen LogP contribution in [0.1, 0.15) is 168 Å². The van der Waals surface area contributed by atoms with Crippen molar-refractivity contribution < 1.29 is 28.6 Å². The van der Waals surface area contributed by atoms with Gasteiger partial charge in [-0.1, -0.05) is 179 Å². The Morgan fingerprint density at radius 3 is 1.18 bits per heavy atom. The molecule has 6 heteroatoms. The maximum Gasteiger partial charge on any atom is 0.310 e. The summed E-state index contributed by atoms with van der Waals surface area (Å²) < 4.78 is 18.0. The second kappa shape index (κ2) is 30.7. The molecule has 0 aliphatic rings. The van der Waals surface area contributed by atoms with E-state index in [1.54, 1.807) is 0 Å². The fourth-order valence-corrected chi connectivity index (χ4v) is 7.79. The monoisotopic (exact) mass is 586 g/mol. The van der Waals surface area contributed by atoms with Gasteiger partial charge in [-0.05, 0) is 12.8 Å². The SMILES string of the molecule is CCCCCCCCCCCCCCOP(=O)(S)SCCCCCCCCCCCCCC.[Zn]. The molecule has 0 aliphatic carbocycles. The second-order valence-electron chi connectivity index (χ2n) is 9.91. The molecule has 0 saturated heterocycles. The van der Waals surface area contributed by atoms with Gasteiger partial charge in [0.25, 0.3) is 0 Å². The van der Waals surface area contributed by atoms with Crippen LogP contribution in [0.5, 0.6) is 0 Å². The molecular formula is C28H59O2PS2Zn. The Balaban J connectivity index is 0. The third-order valence-corrected chi connectivity index (χ3v) is 11.0. The molecule has 0 fully saturated rings. The van der Waals surface area contributed by atoms with Gasteiger partial charge in [0.05, 0.1) is 6.61 Å². The van der Waals surface area contributed by atoms with E-state index in [-0.39, 0.29) is 19.5 Å². The van der Waals surface area contributed by atoms with Gasteiger partial charge in [0.2, 0.25) is 0 Å². The molecule has 0 bridgehead atoms. The summed E-state index contributed by atoms with van der Waals surface area (Å²) in [4.78, 5) is 0. The molecule has 2 nitrogen and oxygen atoms in total. The first-order valence-electron chi connectivity index (χ1n) is 14.7. The van der Waals surface area contributed by atoms with E-state index in [0.717, 1.165) is 18.6 Å². The molecule has 0 spiro atoms. The summed E-state index contributed by atoms with van der Waals surface area (Å²) in [6.45, 7) is 5.16. The van der Waals surface area contributed by atoms with Crippen LogP contribution in [0.4, 0.5) is 0 Å². The van der Waals surface area contributed by atoms with Gasteiger partial charge in [-0.25, -0.2) is 0 Å². The van der Waals surface area contributed by atoms with Gasteiger partial charge in [-0.15, -0.1) is 0 Å². The molecule has 0 aromatic heterocycles. The fraction of sp³-hybridized carbons (Fsp3) is 1.00. The van der Waals surface area contributed by atoms with Crippen molar-refractivity contribution in [3.63, 3.8) is 0 Å². The molecule has 0 rings (SSSR count). The largest absolute Gasteiger partial charge is 0.314 e. The Bertz CT molecular complexity index is 393. The van der Waals surface area contributed by atoms with E-state index in [0.29, 0.717) is 6.61 Å². The molecule has 0 aromatic rings. The topological polar surface area (TPSA) is 26.3 Å². The van der Waals surface area contributed by atoms with E-state index < -0.39 is 5.77 Å².